The van der Waals surface area contributed by atoms with Crippen molar-refractivity contribution in [3.63, 3.8) is 0 Å². The zero-order valence-electron chi connectivity index (χ0n) is 58.4. The maximum absolute atomic E-state index is 13.0. The predicted molar refractivity (Wildman–Crippen MR) is 363 cm³/mol. The van der Waals surface area contributed by atoms with Crippen LogP contribution in [0, 0.1) is 11.8 Å². The quantitative estimate of drug-likeness (QED) is 0.0222. The minimum Gasteiger partial charge on any atom is -0.462 e. The number of aliphatic hydroxyl groups is 1. The first kappa shape index (κ1) is 88.1. The molecule has 2 unspecified atom stereocenters. The van der Waals surface area contributed by atoms with Gasteiger partial charge in [0.05, 0.1) is 26.4 Å². The number of carbonyl (C=O) groups excluding carboxylic acids is 4. The Hall–Kier alpha value is -1.94. The van der Waals surface area contributed by atoms with Crippen LogP contribution in [-0.2, 0) is 65.4 Å². The van der Waals surface area contributed by atoms with Crippen LogP contribution in [0.15, 0.2) is 0 Å². The van der Waals surface area contributed by atoms with Gasteiger partial charge in [-0.2, -0.15) is 0 Å². The first-order valence-corrected chi connectivity index (χ1v) is 40.0. The molecule has 0 aliphatic heterocycles. The highest BCUT2D eigenvalue weighted by molar-refractivity contribution is 7.47. The summed E-state index contributed by atoms with van der Waals surface area (Å²) in [4.78, 5) is 72.5. The van der Waals surface area contributed by atoms with Gasteiger partial charge >= 0.3 is 39.5 Å². The highest BCUT2D eigenvalue weighted by Gasteiger charge is 2.30. The second kappa shape index (κ2) is 63.1. The van der Waals surface area contributed by atoms with Gasteiger partial charge < -0.3 is 33.8 Å². The second-order valence-corrected chi connectivity index (χ2v) is 29.5. The molecule has 5 atom stereocenters. The molecule has 0 heterocycles. The third-order valence-electron chi connectivity index (χ3n) is 16.5. The number of unbranched alkanes of at least 4 members (excludes halogenated alkanes) is 40. The Kier molecular flexibility index (Phi) is 61.8. The van der Waals surface area contributed by atoms with Gasteiger partial charge in [0, 0.05) is 25.7 Å². The molecule has 17 nitrogen and oxygen atoms in total. The summed E-state index contributed by atoms with van der Waals surface area (Å²) in [6.45, 7) is 9.48. The van der Waals surface area contributed by atoms with E-state index >= 15 is 0 Å². The Balaban J connectivity index is 5.19. The molecule has 0 aromatic heterocycles. The largest absolute Gasteiger partial charge is 0.472 e. The number of hydrogen-bond acceptors (Lipinski definition) is 15. The lowest BCUT2D eigenvalue weighted by molar-refractivity contribution is -0.161. The Morgan fingerprint density at radius 3 is 0.756 bits per heavy atom. The number of rotatable bonds is 70. The van der Waals surface area contributed by atoms with Crippen molar-refractivity contribution >= 4 is 39.5 Å². The molecule has 0 aromatic rings. The second-order valence-electron chi connectivity index (χ2n) is 26.6. The van der Waals surface area contributed by atoms with Crippen LogP contribution >= 0.6 is 15.6 Å². The van der Waals surface area contributed by atoms with Crippen LogP contribution in [0.25, 0.3) is 0 Å². The summed E-state index contributed by atoms with van der Waals surface area (Å²) in [6.07, 6.45) is 48.8. The summed E-state index contributed by atoms with van der Waals surface area (Å²) in [5.41, 5.74) is 0. The van der Waals surface area contributed by atoms with Crippen LogP contribution in [0.1, 0.15) is 363 Å². The van der Waals surface area contributed by atoms with E-state index < -0.39 is 97.5 Å². The minimum atomic E-state index is -4.95. The Bertz CT molecular complexity index is 1750. The molecule has 0 radical (unpaired) electrons. The summed E-state index contributed by atoms with van der Waals surface area (Å²) >= 11 is 0. The summed E-state index contributed by atoms with van der Waals surface area (Å²) in [7, 11) is -9.90. The van der Waals surface area contributed by atoms with Crippen LogP contribution in [0.4, 0.5) is 0 Å². The van der Waals surface area contributed by atoms with Gasteiger partial charge in [0.1, 0.15) is 19.3 Å². The first-order chi connectivity index (χ1) is 43.4. The number of hydrogen-bond donors (Lipinski definition) is 3. The fourth-order valence-electron chi connectivity index (χ4n) is 10.8. The molecule has 0 aromatic carbocycles. The third kappa shape index (κ3) is 64.8. The Morgan fingerprint density at radius 1 is 0.300 bits per heavy atom. The number of phosphoric acid groups is 2. The van der Waals surface area contributed by atoms with Crippen molar-refractivity contribution < 1.29 is 80.2 Å². The molecule has 90 heavy (non-hydrogen) atoms. The van der Waals surface area contributed by atoms with Crippen molar-refractivity contribution in [1.82, 2.24) is 0 Å². The lowest BCUT2D eigenvalue weighted by atomic mass is 10.0. The summed E-state index contributed by atoms with van der Waals surface area (Å²) < 4.78 is 68.2. The molecule has 0 saturated carbocycles. The van der Waals surface area contributed by atoms with E-state index in [-0.39, 0.29) is 25.7 Å². The average Bonchev–Trinajstić information content (AvgIpc) is 3.66. The molecule has 0 fully saturated rings. The van der Waals surface area contributed by atoms with E-state index in [2.05, 4.69) is 41.5 Å². The van der Waals surface area contributed by atoms with Gasteiger partial charge in [0.15, 0.2) is 12.2 Å². The first-order valence-electron chi connectivity index (χ1n) is 37.0. The number of carbonyl (C=O) groups is 4. The van der Waals surface area contributed by atoms with Crippen LogP contribution in [0.5, 0.6) is 0 Å². The molecule has 534 valence electrons. The minimum absolute atomic E-state index is 0.102. The van der Waals surface area contributed by atoms with E-state index in [1.165, 1.54) is 180 Å². The SMILES string of the molecule is CCCCCCCCCCCCCCCC(=O)OC[C@H](COP(=O)(O)OC[C@@H](O)COP(=O)(O)OC[C@@H](COC(=O)CCCCCCCCCCC)OC(=O)CCCCCCCCC(C)C)OC(=O)CCCCCCCCCCCCCCCCCCC(C)C. The third-order valence-corrected chi connectivity index (χ3v) is 18.4. The summed E-state index contributed by atoms with van der Waals surface area (Å²) in [6, 6.07) is 0. The fourth-order valence-corrected chi connectivity index (χ4v) is 12.3. The number of ether oxygens (including phenoxy) is 4. The van der Waals surface area contributed by atoms with Gasteiger partial charge in [-0.25, -0.2) is 9.13 Å². The lowest BCUT2D eigenvalue weighted by Gasteiger charge is -2.21. The standard InChI is InChI=1S/C71H138O17P2/c1-7-9-11-13-15-17-18-23-27-31-35-42-48-54-69(74)82-59-66(87-70(75)55-49-43-36-32-28-25-22-20-19-21-24-26-30-33-39-45-51-63(3)4)61-85-89(77,78)83-57-65(72)58-84-90(79,80)86-62-67(88-71(76)56-50-44-38-37-40-46-52-64(5)6)60-81-68(73)53-47-41-34-29-16-14-12-10-8-2/h63-67,72H,7-62H2,1-6H3,(H,77,78)(H,79,80)/t65-,66-,67-/m1/s1. The number of esters is 4. The van der Waals surface area contributed by atoms with E-state index in [0.29, 0.717) is 31.6 Å². The molecule has 0 saturated heterocycles. The topological polar surface area (TPSA) is 237 Å². The van der Waals surface area contributed by atoms with Crippen LogP contribution < -0.4 is 0 Å². The molecule has 0 bridgehead atoms. The van der Waals surface area contributed by atoms with Crippen LogP contribution in [0.3, 0.4) is 0 Å². The molecule has 19 heteroatoms. The Labute approximate surface area is 549 Å². The van der Waals surface area contributed by atoms with Gasteiger partial charge in [-0.3, -0.25) is 37.3 Å². The predicted octanol–water partition coefficient (Wildman–Crippen LogP) is 20.4. The van der Waals surface area contributed by atoms with Crippen molar-refractivity contribution in [2.75, 3.05) is 39.6 Å². The summed E-state index contributed by atoms with van der Waals surface area (Å²) in [5, 5.41) is 10.6. The monoisotopic (exact) mass is 1320 g/mol. The highest BCUT2D eigenvalue weighted by atomic mass is 31.2. The molecule has 0 spiro atoms. The fraction of sp³-hybridized carbons (Fsp3) is 0.944. The molecular weight excluding hydrogens is 1190 g/mol. The van der Waals surface area contributed by atoms with Crippen LogP contribution in [-0.4, -0.2) is 96.7 Å². The molecule has 0 amide bonds. The zero-order valence-corrected chi connectivity index (χ0v) is 60.2. The van der Waals surface area contributed by atoms with Gasteiger partial charge in [0.25, 0.3) is 0 Å². The van der Waals surface area contributed by atoms with Crippen molar-refractivity contribution in [2.24, 2.45) is 11.8 Å². The number of phosphoric ester groups is 2. The molecule has 0 aliphatic rings. The van der Waals surface area contributed by atoms with Crippen molar-refractivity contribution in [2.45, 2.75) is 381 Å². The van der Waals surface area contributed by atoms with E-state index in [4.69, 9.17) is 37.0 Å². The molecule has 0 aliphatic carbocycles. The number of aliphatic hydroxyl groups excluding tert-OH is 1. The van der Waals surface area contributed by atoms with Gasteiger partial charge in [-0.15, -0.1) is 0 Å². The van der Waals surface area contributed by atoms with Crippen molar-refractivity contribution in [3.8, 4) is 0 Å². The lowest BCUT2D eigenvalue weighted by Crippen LogP contribution is -2.30. The maximum Gasteiger partial charge on any atom is 0.472 e. The molecule has 0 rings (SSSR count). The van der Waals surface area contributed by atoms with E-state index in [1.807, 2.05) is 0 Å². The van der Waals surface area contributed by atoms with Crippen LogP contribution in [0.2, 0.25) is 0 Å². The smallest absolute Gasteiger partial charge is 0.462 e. The normalized spacial score (nSPS) is 14.1. The average molecular weight is 1330 g/mol. The van der Waals surface area contributed by atoms with Gasteiger partial charge in [-0.05, 0) is 37.5 Å². The maximum atomic E-state index is 13.0. The van der Waals surface area contributed by atoms with E-state index in [9.17, 15) is 43.2 Å². The molecular formula is C71H138O17P2. The Morgan fingerprint density at radius 2 is 0.511 bits per heavy atom. The highest BCUT2D eigenvalue weighted by Crippen LogP contribution is 2.45. The van der Waals surface area contributed by atoms with Crippen molar-refractivity contribution in [1.29, 1.82) is 0 Å². The molecule has 3 N–H and O–H groups in total. The van der Waals surface area contributed by atoms with Gasteiger partial charge in [0.2, 0.25) is 0 Å². The van der Waals surface area contributed by atoms with Crippen molar-refractivity contribution in [3.05, 3.63) is 0 Å². The zero-order chi connectivity index (χ0) is 66.5. The van der Waals surface area contributed by atoms with E-state index in [1.54, 1.807) is 0 Å². The van der Waals surface area contributed by atoms with Gasteiger partial charge in [-0.1, -0.05) is 311 Å². The summed E-state index contributed by atoms with van der Waals surface area (Å²) in [5.74, 6) is -0.649. The van der Waals surface area contributed by atoms with E-state index in [0.717, 1.165) is 95.8 Å².